The van der Waals surface area contributed by atoms with E-state index in [-0.39, 0.29) is 23.9 Å². The molecule has 0 unspecified atom stereocenters. The van der Waals surface area contributed by atoms with E-state index in [9.17, 15) is 14.4 Å². The van der Waals surface area contributed by atoms with Crippen LogP contribution in [0.3, 0.4) is 0 Å². The Balaban J connectivity index is 1.57. The van der Waals surface area contributed by atoms with E-state index in [0.29, 0.717) is 31.0 Å². The molecule has 3 aliphatic rings. The molecule has 0 saturated carbocycles. The molecule has 1 aromatic carbocycles. The zero-order valence-electron chi connectivity index (χ0n) is 12.4. The minimum absolute atomic E-state index is 0.199. The van der Waals surface area contributed by atoms with Gasteiger partial charge in [-0.2, -0.15) is 0 Å². The molecule has 4 amide bonds. The van der Waals surface area contributed by atoms with Gasteiger partial charge in [-0.1, -0.05) is 11.6 Å². The molecule has 0 radical (unpaired) electrons. The monoisotopic (exact) mass is 333 g/mol. The first-order valence-electron chi connectivity index (χ1n) is 7.78. The summed E-state index contributed by atoms with van der Waals surface area (Å²) in [5.41, 5.74) is 0.737. The summed E-state index contributed by atoms with van der Waals surface area (Å²) in [4.78, 5) is 42.1. The number of carbonyl (C=O) groups is 3. The molecule has 1 aromatic rings. The summed E-state index contributed by atoms with van der Waals surface area (Å²) in [6, 6.07) is 5.63. The Hall–Kier alpha value is -2.08. The maximum atomic E-state index is 12.7. The molecule has 0 aromatic heterocycles. The van der Waals surface area contributed by atoms with Crippen molar-refractivity contribution in [3.05, 3.63) is 29.3 Å². The highest BCUT2D eigenvalue weighted by molar-refractivity contribution is 6.30. The van der Waals surface area contributed by atoms with E-state index in [4.69, 9.17) is 11.6 Å². The van der Waals surface area contributed by atoms with E-state index in [1.54, 1.807) is 34.1 Å². The third-order valence-electron chi connectivity index (χ3n) is 4.85. The van der Waals surface area contributed by atoms with Gasteiger partial charge in [0, 0.05) is 23.8 Å². The second-order valence-electron chi connectivity index (χ2n) is 6.11. The van der Waals surface area contributed by atoms with Crippen LogP contribution in [0.15, 0.2) is 24.3 Å². The average molecular weight is 334 g/mol. The topological polar surface area (TPSA) is 60.9 Å². The fraction of sp³-hybridized carbons (Fsp3) is 0.438. The van der Waals surface area contributed by atoms with Gasteiger partial charge in [0.2, 0.25) is 5.91 Å². The zero-order valence-corrected chi connectivity index (χ0v) is 13.2. The number of carbonyl (C=O) groups excluding carboxylic acids is 3. The lowest BCUT2D eigenvalue weighted by atomic mass is 10.1. The lowest BCUT2D eigenvalue weighted by Crippen LogP contribution is -2.46. The summed E-state index contributed by atoms with van der Waals surface area (Å²) in [7, 11) is 0. The maximum absolute atomic E-state index is 12.7. The van der Waals surface area contributed by atoms with Gasteiger partial charge in [-0.3, -0.25) is 9.59 Å². The third kappa shape index (κ3) is 2.12. The van der Waals surface area contributed by atoms with E-state index in [1.807, 2.05) is 0 Å². The lowest BCUT2D eigenvalue weighted by molar-refractivity contribution is -0.133. The third-order valence-corrected chi connectivity index (χ3v) is 5.11. The summed E-state index contributed by atoms with van der Waals surface area (Å²) in [6.45, 7) is 1.10. The fourth-order valence-electron chi connectivity index (χ4n) is 3.71. The zero-order chi connectivity index (χ0) is 16.1. The van der Waals surface area contributed by atoms with Crippen LogP contribution in [0.5, 0.6) is 0 Å². The van der Waals surface area contributed by atoms with Gasteiger partial charge >= 0.3 is 6.03 Å². The molecule has 120 valence electrons. The SMILES string of the molecule is O=C1[C@@H](N2C(=O)[C@H]3CCCN3C2=O)CCN1c1ccc(Cl)cc1. The highest BCUT2D eigenvalue weighted by Gasteiger charge is 2.53. The summed E-state index contributed by atoms with van der Waals surface area (Å²) >= 11 is 5.87. The number of urea groups is 1. The highest BCUT2D eigenvalue weighted by Crippen LogP contribution is 2.33. The molecule has 0 spiro atoms. The van der Waals surface area contributed by atoms with Crippen molar-refractivity contribution in [3.8, 4) is 0 Å². The summed E-state index contributed by atoms with van der Waals surface area (Å²) in [5.74, 6) is -0.418. The number of imide groups is 1. The largest absolute Gasteiger partial charge is 0.328 e. The quantitative estimate of drug-likeness (QED) is 0.776. The summed E-state index contributed by atoms with van der Waals surface area (Å²) in [5, 5.41) is 0.600. The normalized spacial score (nSPS) is 27.3. The van der Waals surface area contributed by atoms with Crippen molar-refractivity contribution in [2.75, 3.05) is 18.0 Å². The molecule has 3 aliphatic heterocycles. The number of amides is 4. The van der Waals surface area contributed by atoms with Gasteiger partial charge < -0.3 is 9.80 Å². The molecule has 7 heteroatoms. The molecule has 6 nitrogen and oxygen atoms in total. The van der Waals surface area contributed by atoms with E-state index < -0.39 is 6.04 Å². The number of rotatable bonds is 2. The van der Waals surface area contributed by atoms with Crippen molar-refractivity contribution in [3.63, 3.8) is 0 Å². The van der Waals surface area contributed by atoms with Gasteiger partial charge in [0.15, 0.2) is 0 Å². The predicted molar refractivity (Wildman–Crippen MR) is 84.2 cm³/mol. The van der Waals surface area contributed by atoms with Gasteiger partial charge in [-0.05, 0) is 43.5 Å². The van der Waals surface area contributed by atoms with Gasteiger partial charge in [-0.15, -0.1) is 0 Å². The van der Waals surface area contributed by atoms with Crippen LogP contribution >= 0.6 is 11.6 Å². The van der Waals surface area contributed by atoms with Crippen LogP contribution < -0.4 is 4.90 Å². The van der Waals surface area contributed by atoms with Gasteiger partial charge in [0.1, 0.15) is 12.1 Å². The van der Waals surface area contributed by atoms with E-state index in [2.05, 4.69) is 0 Å². The molecule has 3 fully saturated rings. The molecule has 4 rings (SSSR count). The Kier molecular flexibility index (Phi) is 3.30. The molecular formula is C16H16ClN3O3. The van der Waals surface area contributed by atoms with Crippen LogP contribution in [0.25, 0.3) is 0 Å². The fourth-order valence-corrected chi connectivity index (χ4v) is 3.84. The van der Waals surface area contributed by atoms with Gasteiger partial charge in [0.05, 0.1) is 0 Å². The van der Waals surface area contributed by atoms with Crippen molar-refractivity contribution in [1.82, 2.24) is 9.80 Å². The minimum atomic E-state index is -0.684. The minimum Gasteiger partial charge on any atom is -0.312 e. The number of benzene rings is 1. The predicted octanol–water partition coefficient (Wildman–Crippen LogP) is 1.87. The van der Waals surface area contributed by atoms with E-state index in [0.717, 1.165) is 12.1 Å². The first kappa shape index (κ1) is 14.5. The Morgan fingerprint density at radius 1 is 0.913 bits per heavy atom. The highest BCUT2D eigenvalue weighted by atomic mass is 35.5. The molecule has 0 aliphatic carbocycles. The molecule has 2 atom stereocenters. The Morgan fingerprint density at radius 2 is 1.65 bits per heavy atom. The van der Waals surface area contributed by atoms with Crippen LogP contribution in [0, 0.1) is 0 Å². The Labute approximate surface area is 138 Å². The van der Waals surface area contributed by atoms with Crippen LogP contribution in [-0.4, -0.2) is 52.8 Å². The lowest BCUT2D eigenvalue weighted by Gasteiger charge is -2.22. The van der Waals surface area contributed by atoms with Crippen molar-refractivity contribution in [2.45, 2.75) is 31.3 Å². The average Bonchev–Trinajstić information content (AvgIpc) is 3.20. The van der Waals surface area contributed by atoms with E-state index >= 15 is 0 Å². The van der Waals surface area contributed by atoms with Gasteiger partial charge in [0.25, 0.3) is 5.91 Å². The standard InChI is InChI=1S/C16H16ClN3O3/c17-10-3-5-11(6-4-10)18-9-7-13(14(18)21)20-15(22)12-2-1-8-19(12)16(20)23/h3-6,12-13H,1-2,7-9H2/t12-,13+/m1/s1. The van der Waals surface area contributed by atoms with Crippen LogP contribution in [0.2, 0.25) is 5.02 Å². The van der Waals surface area contributed by atoms with Crippen LogP contribution in [-0.2, 0) is 9.59 Å². The second kappa shape index (κ2) is 5.23. The van der Waals surface area contributed by atoms with Crippen LogP contribution in [0.4, 0.5) is 10.5 Å². The van der Waals surface area contributed by atoms with E-state index in [1.165, 1.54) is 4.90 Å². The van der Waals surface area contributed by atoms with Gasteiger partial charge in [-0.25, -0.2) is 9.69 Å². The summed E-state index contributed by atoms with van der Waals surface area (Å²) < 4.78 is 0. The number of hydrogen-bond acceptors (Lipinski definition) is 3. The second-order valence-corrected chi connectivity index (χ2v) is 6.55. The smallest absolute Gasteiger partial charge is 0.312 e. The number of fused-ring (bicyclic) bond motifs is 1. The number of halogens is 1. The number of anilines is 1. The maximum Gasteiger partial charge on any atom is 0.328 e. The molecule has 3 heterocycles. The van der Waals surface area contributed by atoms with Crippen molar-refractivity contribution < 1.29 is 14.4 Å². The molecule has 0 bridgehead atoms. The van der Waals surface area contributed by atoms with Crippen molar-refractivity contribution in [1.29, 1.82) is 0 Å². The summed E-state index contributed by atoms with van der Waals surface area (Å²) in [6.07, 6.45) is 2.02. The Morgan fingerprint density at radius 3 is 2.35 bits per heavy atom. The van der Waals surface area contributed by atoms with Crippen LogP contribution in [0.1, 0.15) is 19.3 Å². The first-order valence-corrected chi connectivity index (χ1v) is 8.16. The number of nitrogens with zero attached hydrogens (tertiary/aromatic N) is 3. The van der Waals surface area contributed by atoms with Crippen molar-refractivity contribution >= 4 is 35.1 Å². The Bertz CT molecular complexity index is 668. The molecule has 0 N–H and O–H groups in total. The first-order chi connectivity index (χ1) is 11.1. The molecule has 23 heavy (non-hydrogen) atoms. The number of hydrogen-bond donors (Lipinski definition) is 0. The molecule has 3 saturated heterocycles. The van der Waals surface area contributed by atoms with Crippen molar-refractivity contribution in [2.24, 2.45) is 0 Å². The molecular weight excluding hydrogens is 318 g/mol.